The third-order valence-electron chi connectivity index (χ3n) is 6.39. The van der Waals surface area contributed by atoms with Gasteiger partial charge in [0.15, 0.2) is 0 Å². The number of carbonyl (C=O) groups is 1. The number of nitrogens with zero attached hydrogens (tertiary/aromatic N) is 2. The van der Waals surface area contributed by atoms with Crippen LogP contribution in [-0.2, 0) is 17.8 Å². The molecule has 4 nitrogen and oxygen atoms in total. The maximum Gasteiger partial charge on any atom is 0.222 e. The Morgan fingerprint density at radius 2 is 1.96 bits per heavy atom. The molecule has 4 atom stereocenters. The zero-order valence-electron chi connectivity index (χ0n) is 15.6. The average molecular weight is 351 g/mol. The third-order valence-corrected chi connectivity index (χ3v) is 6.39. The number of aromatic nitrogens is 2. The first-order chi connectivity index (χ1) is 12.8. The number of nitrogens with one attached hydrogen (secondary N) is 1. The second kappa shape index (κ2) is 7.65. The van der Waals surface area contributed by atoms with Gasteiger partial charge in [-0.25, -0.2) is 4.98 Å². The van der Waals surface area contributed by atoms with Crippen molar-refractivity contribution in [1.82, 2.24) is 14.9 Å². The summed E-state index contributed by atoms with van der Waals surface area (Å²) in [7, 11) is 0. The molecule has 1 aromatic heterocycles. The van der Waals surface area contributed by atoms with E-state index in [-0.39, 0.29) is 5.91 Å². The van der Waals surface area contributed by atoms with Crippen molar-refractivity contribution in [2.45, 2.75) is 64.0 Å². The third kappa shape index (κ3) is 3.29. The molecule has 2 aromatic rings. The topological polar surface area (TPSA) is 46.9 Å². The first-order valence-corrected chi connectivity index (χ1v) is 10.1. The minimum atomic E-state index is 0.177. The Labute approximate surface area is 156 Å². The SMILES string of the molecule is CCc1nccn1CCC(=O)N[C@H]1C2CCCCC2[C@@H]1c1ccccc1. The fraction of sp³-hybridized carbons (Fsp3) is 0.545. The molecule has 2 unspecified atom stereocenters. The summed E-state index contributed by atoms with van der Waals surface area (Å²) in [6.07, 6.45) is 10.4. The highest BCUT2D eigenvalue weighted by molar-refractivity contribution is 5.76. The molecule has 4 heteroatoms. The summed E-state index contributed by atoms with van der Waals surface area (Å²) in [5.74, 6) is 3.13. The molecule has 138 valence electrons. The van der Waals surface area contributed by atoms with Gasteiger partial charge in [-0.05, 0) is 30.2 Å². The highest BCUT2D eigenvalue weighted by Crippen LogP contribution is 2.54. The Morgan fingerprint density at radius 3 is 2.73 bits per heavy atom. The van der Waals surface area contributed by atoms with Gasteiger partial charge in [-0.15, -0.1) is 0 Å². The molecule has 2 aliphatic carbocycles. The van der Waals surface area contributed by atoms with Crippen LogP contribution in [0.3, 0.4) is 0 Å². The number of fused-ring (bicyclic) bond motifs is 1. The normalized spacial score (nSPS) is 27.4. The minimum absolute atomic E-state index is 0.177. The van der Waals surface area contributed by atoms with Crippen molar-refractivity contribution >= 4 is 5.91 Å². The van der Waals surface area contributed by atoms with E-state index in [0.717, 1.165) is 18.2 Å². The van der Waals surface area contributed by atoms with Crippen LogP contribution in [0.4, 0.5) is 0 Å². The second-order valence-corrected chi connectivity index (χ2v) is 7.78. The molecular formula is C22H29N3O. The molecule has 2 saturated carbocycles. The largest absolute Gasteiger partial charge is 0.352 e. The lowest BCUT2D eigenvalue weighted by atomic mass is 9.53. The number of aryl methyl sites for hydroxylation is 2. The smallest absolute Gasteiger partial charge is 0.222 e. The molecular weight excluding hydrogens is 322 g/mol. The van der Waals surface area contributed by atoms with Gasteiger partial charge in [0.05, 0.1) is 0 Å². The zero-order chi connectivity index (χ0) is 17.9. The van der Waals surface area contributed by atoms with E-state index in [4.69, 9.17) is 0 Å². The standard InChI is InChI=1S/C22H29N3O/c1-2-19-23-13-15-25(19)14-12-20(26)24-22-18-11-7-6-10-17(18)21(22)16-8-4-3-5-9-16/h3-5,8-9,13,15,17-18,21-22H,2,6-7,10-12,14H2,1H3,(H,24,26)/t17?,18?,21-,22-/m0/s1. The Bertz CT molecular complexity index is 739. The van der Waals surface area contributed by atoms with E-state index < -0.39 is 0 Å². The van der Waals surface area contributed by atoms with Crippen LogP contribution in [0.2, 0.25) is 0 Å². The van der Waals surface area contributed by atoms with Crippen molar-refractivity contribution in [1.29, 1.82) is 0 Å². The van der Waals surface area contributed by atoms with E-state index in [1.807, 2.05) is 12.4 Å². The molecule has 0 saturated heterocycles. The highest BCUT2D eigenvalue weighted by Gasteiger charge is 2.51. The Kier molecular flexibility index (Phi) is 5.09. The molecule has 4 rings (SSSR count). The summed E-state index contributed by atoms with van der Waals surface area (Å²) in [6, 6.07) is 11.1. The number of carbonyl (C=O) groups excluding carboxylic acids is 1. The van der Waals surface area contributed by atoms with Crippen molar-refractivity contribution in [3.63, 3.8) is 0 Å². The van der Waals surface area contributed by atoms with E-state index in [2.05, 4.69) is 52.1 Å². The summed E-state index contributed by atoms with van der Waals surface area (Å²) in [6.45, 7) is 2.81. The van der Waals surface area contributed by atoms with E-state index in [9.17, 15) is 4.79 Å². The lowest BCUT2D eigenvalue weighted by molar-refractivity contribution is -0.125. The fourth-order valence-corrected chi connectivity index (χ4v) is 5.13. The molecule has 2 aliphatic rings. The molecule has 0 bridgehead atoms. The number of imidazole rings is 1. The van der Waals surface area contributed by atoms with Gasteiger partial charge in [0.2, 0.25) is 5.91 Å². The predicted molar refractivity (Wildman–Crippen MR) is 103 cm³/mol. The van der Waals surface area contributed by atoms with E-state index in [0.29, 0.717) is 30.8 Å². The molecule has 0 aliphatic heterocycles. The number of hydrogen-bond acceptors (Lipinski definition) is 2. The summed E-state index contributed by atoms with van der Waals surface area (Å²) in [5.41, 5.74) is 1.39. The Morgan fingerprint density at radius 1 is 1.19 bits per heavy atom. The van der Waals surface area contributed by atoms with Crippen LogP contribution in [0.1, 0.15) is 56.3 Å². The number of amides is 1. The molecule has 1 aromatic carbocycles. The van der Waals surface area contributed by atoms with Gasteiger partial charge >= 0.3 is 0 Å². The maximum absolute atomic E-state index is 12.6. The van der Waals surface area contributed by atoms with Crippen LogP contribution in [0.5, 0.6) is 0 Å². The molecule has 1 heterocycles. The van der Waals surface area contributed by atoms with Crippen molar-refractivity contribution in [2.24, 2.45) is 11.8 Å². The second-order valence-electron chi connectivity index (χ2n) is 7.78. The summed E-state index contributed by atoms with van der Waals surface area (Å²) in [4.78, 5) is 17.0. The van der Waals surface area contributed by atoms with Crippen LogP contribution >= 0.6 is 0 Å². The first kappa shape index (κ1) is 17.3. The monoisotopic (exact) mass is 351 g/mol. The van der Waals surface area contributed by atoms with Crippen molar-refractivity contribution in [3.05, 3.63) is 54.1 Å². The van der Waals surface area contributed by atoms with Gasteiger partial charge in [0.1, 0.15) is 5.82 Å². The lowest BCUT2D eigenvalue weighted by Crippen LogP contribution is -2.59. The van der Waals surface area contributed by atoms with Crippen molar-refractivity contribution < 1.29 is 4.79 Å². The minimum Gasteiger partial charge on any atom is -0.352 e. The number of rotatable bonds is 6. The van der Waals surface area contributed by atoms with Gasteiger partial charge in [-0.2, -0.15) is 0 Å². The van der Waals surface area contributed by atoms with Gasteiger partial charge in [0, 0.05) is 43.7 Å². The molecule has 0 spiro atoms. The predicted octanol–water partition coefficient (Wildman–Crippen LogP) is 3.92. The van der Waals surface area contributed by atoms with Crippen LogP contribution in [0.15, 0.2) is 42.7 Å². The van der Waals surface area contributed by atoms with Gasteiger partial charge < -0.3 is 9.88 Å². The molecule has 0 radical (unpaired) electrons. The van der Waals surface area contributed by atoms with Crippen molar-refractivity contribution in [2.75, 3.05) is 0 Å². The quantitative estimate of drug-likeness (QED) is 0.857. The van der Waals surface area contributed by atoms with Crippen LogP contribution < -0.4 is 5.32 Å². The summed E-state index contributed by atoms with van der Waals surface area (Å²) >= 11 is 0. The number of benzene rings is 1. The molecule has 1 N–H and O–H groups in total. The Hall–Kier alpha value is -2.10. The van der Waals surface area contributed by atoms with Crippen LogP contribution in [-0.4, -0.2) is 21.5 Å². The maximum atomic E-state index is 12.6. The van der Waals surface area contributed by atoms with Gasteiger partial charge in [0.25, 0.3) is 0 Å². The average Bonchev–Trinajstić information content (AvgIpc) is 3.13. The number of hydrogen-bond donors (Lipinski definition) is 1. The summed E-state index contributed by atoms with van der Waals surface area (Å²) < 4.78 is 2.10. The Balaban J connectivity index is 1.41. The van der Waals surface area contributed by atoms with Crippen molar-refractivity contribution in [3.8, 4) is 0 Å². The van der Waals surface area contributed by atoms with E-state index in [1.165, 1.54) is 31.2 Å². The van der Waals surface area contributed by atoms with Gasteiger partial charge in [-0.3, -0.25) is 4.79 Å². The lowest BCUT2D eigenvalue weighted by Gasteiger charge is -2.55. The van der Waals surface area contributed by atoms with E-state index >= 15 is 0 Å². The van der Waals surface area contributed by atoms with Crippen LogP contribution in [0.25, 0.3) is 0 Å². The fourth-order valence-electron chi connectivity index (χ4n) is 5.13. The summed E-state index contributed by atoms with van der Waals surface area (Å²) in [5, 5.41) is 3.39. The van der Waals surface area contributed by atoms with Crippen LogP contribution in [0, 0.1) is 11.8 Å². The zero-order valence-corrected chi connectivity index (χ0v) is 15.6. The first-order valence-electron chi connectivity index (χ1n) is 10.1. The highest BCUT2D eigenvalue weighted by atomic mass is 16.1. The van der Waals surface area contributed by atoms with Gasteiger partial charge in [-0.1, -0.05) is 50.1 Å². The van der Waals surface area contributed by atoms with E-state index in [1.54, 1.807) is 0 Å². The molecule has 26 heavy (non-hydrogen) atoms. The molecule has 1 amide bonds. The molecule has 2 fully saturated rings.